The summed E-state index contributed by atoms with van der Waals surface area (Å²) in [6, 6.07) is 14.2. The van der Waals surface area contributed by atoms with Gasteiger partial charge in [-0.15, -0.1) is 0 Å². The number of methoxy groups -OCH3 is 1. The highest BCUT2D eigenvalue weighted by molar-refractivity contribution is 6.30. The molecule has 1 N–H and O–H groups in total. The SMILES string of the molecule is COc1ccccc1NC(=O)[C@@H]1CC(=O)N(c2ccc(Cl)cc2)C1. The first-order chi connectivity index (χ1) is 11.6. The molecular formula is C18H17ClN2O3. The molecule has 0 saturated carbocycles. The van der Waals surface area contributed by atoms with Crippen molar-refractivity contribution in [1.82, 2.24) is 0 Å². The maximum Gasteiger partial charge on any atom is 0.229 e. The number of carbonyl (C=O) groups excluding carboxylic acids is 2. The van der Waals surface area contributed by atoms with Crippen molar-refractivity contribution in [3.63, 3.8) is 0 Å². The zero-order valence-electron chi connectivity index (χ0n) is 13.2. The lowest BCUT2D eigenvalue weighted by molar-refractivity contribution is -0.122. The topological polar surface area (TPSA) is 58.6 Å². The van der Waals surface area contributed by atoms with E-state index < -0.39 is 5.92 Å². The average Bonchev–Trinajstić information content (AvgIpc) is 2.98. The van der Waals surface area contributed by atoms with E-state index in [1.54, 1.807) is 48.4 Å². The highest BCUT2D eigenvalue weighted by atomic mass is 35.5. The summed E-state index contributed by atoms with van der Waals surface area (Å²) in [7, 11) is 1.55. The highest BCUT2D eigenvalue weighted by Gasteiger charge is 2.35. The molecular weight excluding hydrogens is 328 g/mol. The zero-order valence-corrected chi connectivity index (χ0v) is 13.9. The van der Waals surface area contributed by atoms with Gasteiger partial charge in [-0.2, -0.15) is 0 Å². The van der Waals surface area contributed by atoms with E-state index in [1.165, 1.54) is 0 Å². The van der Waals surface area contributed by atoms with E-state index in [1.807, 2.05) is 12.1 Å². The molecule has 0 aromatic heterocycles. The van der Waals surface area contributed by atoms with E-state index in [9.17, 15) is 9.59 Å². The Hall–Kier alpha value is -2.53. The van der Waals surface area contributed by atoms with Gasteiger partial charge in [-0.1, -0.05) is 23.7 Å². The number of ether oxygens (including phenoxy) is 1. The van der Waals surface area contributed by atoms with Gasteiger partial charge in [0.15, 0.2) is 0 Å². The lowest BCUT2D eigenvalue weighted by Crippen LogP contribution is -2.28. The number of para-hydroxylation sites is 2. The number of nitrogens with one attached hydrogen (secondary N) is 1. The molecule has 3 rings (SSSR count). The quantitative estimate of drug-likeness (QED) is 0.925. The number of hydrogen-bond donors (Lipinski definition) is 1. The number of carbonyl (C=O) groups is 2. The molecule has 6 heteroatoms. The van der Waals surface area contributed by atoms with Gasteiger partial charge in [-0.05, 0) is 36.4 Å². The zero-order chi connectivity index (χ0) is 17.1. The molecule has 2 amide bonds. The van der Waals surface area contributed by atoms with Crippen LogP contribution in [0.3, 0.4) is 0 Å². The molecule has 0 spiro atoms. The standard InChI is InChI=1S/C18H17ClN2O3/c1-24-16-5-3-2-4-15(16)20-18(23)12-10-17(22)21(11-12)14-8-6-13(19)7-9-14/h2-9,12H,10-11H2,1H3,(H,20,23)/t12-/m1/s1. The minimum absolute atomic E-state index is 0.0718. The minimum Gasteiger partial charge on any atom is -0.495 e. The number of anilines is 2. The fourth-order valence-electron chi connectivity index (χ4n) is 2.74. The van der Waals surface area contributed by atoms with Crippen LogP contribution in [0, 0.1) is 5.92 Å². The van der Waals surface area contributed by atoms with Gasteiger partial charge in [0.05, 0.1) is 18.7 Å². The first-order valence-electron chi connectivity index (χ1n) is 7.58. The lowest BCUT2D eigenvalue weighted by Gasteiger charge is -2.17. The number of halogens is 1. The van der Waals surface area contributed by atoms with E-state index in [2.05, 4.69) is 5.32 Å². The summed E-state index contributed by atoms with van der Waals surface area (Å²) in [5, 5.41) is 3.45. The summed E-state index contributed by atoms with van der Waals surface area (Å²) >= 11 is 5.87. The van der Waals surface area contributed by atoms with Gasteiger partial charge in [-0.25, -0.2) is 0 Å². The molecule has 1 aliphatic heterocycles. The van der Waals surface area contributed by atoms with Crippen molar-refractivity contribution in [3.8, 4) is 5.75 Å². The van der Waals surface area contributed by atoms with Gasteiger partial charge in [0.2, 0.25) is 11.8 Å². The van der Waals surface area contributed by atoms with Crippen LogP contribution in [-0.4, -0.2) is 25.5 Å². The number of benzene rings is 2. The van der Waals surface area contributed by atoms with Crippen molar-refractivity contribution < 1.29 is 14.3 Å². The smallest absolute Gasteiger partial charge is 0.229 e. The van der Waals surface area contributed by atoms with Gasteiger partial charge in [0, 0.05) is 23.7 Å². The summed E-state index contributed by atoms with van der Waals surface area (Å²) in [5.41, 5.74) is 1.35. The monoisotopic (exact) mass is 344 g/mol. The molecule has 0 unspecified atom stereocenters. The summed E-state index contributed by atoms with van der Waals surface area (Å²) in [6.45, 7) is 0.349. The van der Waals surface area contributed by atoms with Crippen LogP contribution in [0.4, 0.5) is 11.4 Å². The molecule has 0 bridgehead atoms. The second-order valence-corrected chi connectivity index (χ2v) is 6.01. The van der Waals surface area contributed by atoms with Crippen LogP contribution in [-0.2, 0) is 9.59 Å². The second kappa shape index (κ2) is 6.93. The summed E-state index contributed by atoms with van der Waals surface area (Å²) in [5.74, 6) is -0.0790. The van der Waals surface area contributed by atoms with Crippen LogP contribution in [0.25, 0.3) is 0 Å². The Morgan fingerprint density at radius 3 is 2.62 bits per heavy atom. The van der Waals surface area contributed by atoms with E-state index in [4.69, 9.17) is 16.3 Å². The molecule has 2 aromatic rings. The Balaban J connectivity index is 1.71. The van der Waals surface area contributed by atoms with Crippen LogP contribution < -0.4 is 15.0 Å². The number of rotatable bonds is 4. The molecule has 2 aromatic carbocycles. The Morgan fingerprint density at radius 2 is 1.92 bits per heavy atom. The van der Waals surface area contributed by atoms with Crippen LogP contribution in [0.5, 0.6) is 5.75 Å². The summed E-state index contributed by atoms with van der Waals surface area (Å²) in [6.07, 6.45) is 0.184. The Kier molecular flexibility index (Phi) is 4.71. The van der Waals surface area contributed by atoms with E-state index in [-0.39, 0.29) is 18.2 Å². The predicted molar refractivity (Wildman–Crippen MR) is 93.5 cm³/mol. The average molecular weight is 345 g/mol. The second-order valence-electron chi connectivity index (χ2n) is 5.57. The molecule has 0 radical (unpaired) electrons. The molecule has 124 valence electrons. The molecule has 1 atom stereocenters. The largest absolute Gasteiger partial charge is 0.495 e. The van der Waals surface area contributed by atoms with Crippen LogP contribution >= 0.6 is 11.6 Å². The lowest BCUT2D eigenvalue weighted by atomic mass is 10.1. The molecule has 1 fully saturated rings. The summed E-state index contributed by atoms with van der Waals surface area (Å²) < 4.78 is 5.23. The van der Waals surface area contributed by atoms with E-state index >= 15 is 0 Å². The molecule has 1 heterocycles. The third-order valence-corrected chi connectivity index (χ3v) is 4.25. The molecule has 1 aliphatic rings. The van der Waals surface area contributed by atoms with E-state index in [0.717, 1.165) is 5.69 Å². The first-order valence-corrected chi connectivity index (χ1v) is 7.96. The van der Waals surface area contributed by atoms with Crippen LogP contribution in [0.2, 0.25) is 5.02 Å². The maximum atomic E-state index is 12.5. The number of amides is 2. The molecule has 24 heavy (non-hydrogen) atoms. The van der Waals surface area contributed by atoms with Crippen LogP contribution in [0.1, 0.15) is 6.42 Å². The fourth-order valence-corrected chi connectivity index (χ4v) is 2.86. The Morgan fingerprint density at radius 1 is 1.21 bits per heavy atom. The van der Waals surface area contributed by atoms with Gasteiger partial charge in [0.1, 0.15) is 5.75 Å². The van der Waals surface area contributed by atoms with E-state index in [0.29, 0.717) is 23.0 Å². The fraction of sp³-hybridized carbons (Fsp3) is 0.222. The third kappa shape index (κ3) is 3.36. The van der Waals surface area contributed by atoms with Gasteiger partial charge in [-0.3, -0.25) is 9.59 Å². The molecule has 0 aliphatic carbocycles. The van der Waals surface area contributed by atoms with Gasteiger partial charge in [0.25, 0.3) is 0 Å². The van der Waals surface area contributed by atoms with Crippen molar-refractivity contribution in [1.29, 1.82) is 0 Å². The maximum absolute atomic E-state index is 12.5. The Bertz CT molecular complexity index is 761. The Labute approximate surface area is 145 Å². The third-order valence-electron chi connectivity index (χ3n) is 4.00. The molecule has 1 saturated heterocycles. The first kappa shape index (κ1) is 16.3. The van der Waals surface area contributed by atoms with Gasteiger partial charge < -0.3 is 15.0 Å². The van der Waals surface area contributed by atoms with Crippen molar-refractivity contribution in [3.05, 3.63) is 53.6 Å². The van der Waals surface area contributed by atoms with Crippen molar-refractivity contribution >= 4 is 34.8 Å². The normalized spacial score (nSPS) is 17.0. The van der Waals surface area contributed by atoms with Gasteiger partial charge >= 0.3 is 0 Å². The predicted octanol–water partition coefficient (Wildman–Crippen LogP) is 3.34. The summed E-state index contributed by atoms with van der Waals surface area (Å²) in [4.78, 5) is 26.3. The molecule has 5 nitrogen and oxygen atoms in total. The van der Waals surface area contributed by atoms with Crippen molar-refractivity contribution in [2.75, 3.05) is 23.9 Å². The van der Waals surface area contributed by atoms with Crippen molar-refractivity contribution in [2.24, 2.45) is 5.92 Å². The number of nitrogens with zero attached hydrogens (tertiary/aromatic N) is 1. The minimum atomic E-state index is -0.405. The number of hydrogen-bond acceptors (Lipinski definition) is 3. The van der Waals surface area contributed by atoms with Crippen LogP contribution in [0.15, 0.2) is 48.5 Å². The highest BCUT2D eigenvalue weighted by Crippen LogP contribution is 2.29. The van der Waals surface area contributed by atoms with Crippen molar-refractivity contribution in [2.45, 2.75) is 6.42 Å².